The smallest absolute Gasteiger partial charge is 0.0714 e. The second-order valence-corrected chi connectivity index (χ2v) is 11.8. The first kappa shape index (κ1) is 14.8. The van der Waals surface area contributed by atoms with Crippen LogP contribution in [0.4, 0.5) is 0 Å². The van der Waals surface area contributed by atoms with Crippen molar-refractivity contribution in [1.29, 1.82) is 0 Å². The van der Waals surface area contributed by atoms with Crippen LogP contribution in [0.15, 0.2) is 60.7 Å². The number of hydrogen-bond donors (Lipinski definition) is 0. The molecule has 0 saturated carbocycles. The molecule has 0 heterocycles. The van der Waals surface area contributed by atoms with E-state index >= 15 is 0 Å². The highest BCUT2D eigenvalue weighted by Gasteiger charge is 2.47. The van der Waals surface area contributed by atoms with Gasteiger partial charge in [0.2, 0.25) is 0 Å². The highest BCUT2D eigenvalue weighted by molar-refractivity contribution is 9.40. The Bertz CT molecular complexity index is 463. The molecule has 0 nitrogen and oxygen atoms in total. The van der Waals surface area contributed by atoms with E-state index in [0.717, 1.165) is 11.1 Å². The molecule has 0 amide bonds. The molecular formula is C14H10Br4. The molecular weight excluding hydrogens is 488 g/mol. The first-order chi connectivity index (χ1) is 8.46. The number of alkyl halides is 4. The van der Waals surface area contributed by atoms with Crippen LogP contribution in [0.2, 0.25) is 0 Å². The van der Waals surface area contributed by atoms with E-state index in [-0.39, 0.29) is 0 Å². The van der Waals surface area contributed by atoms with E-state index < -0.39 is 6.47 Å². The van der Waals surface area contributed by atoms with Crippen molar-refractivity contribution in [3.05, 3.63) is 71.8 Å². The number of halogens is 4. The minimum Gasteiger partial charge on any atom is -0.0714 e. The summed E-state index contributed by atoms with van der Waals surface area (Å²) in [4.78, 5) is 0. The van der Waals surface area contributed by atoms with Gasteiger partial charge >= 0.3 is 0 Å². The van der Waals surface area contributed by atoms with E-state index in [9.17, 15) is 0 Å². The van der Waals surface area contributed by atoms with Crippen LogP contribution in [-0.2, 0) is 4.32 Å². The van der Waals surface area contributed by atoms with Crippen LogP contribution in [0.5, 0.6) is 0 Å². The molecule has 0 N–H and O–H groups in total. The van der Waals surface area contributed by atoms with Crippen molar-refractivity contribution in [2.45, 2.75) is 6.47 Å². The Labute approximate surface area is 141 Å². The molecule has 0 aliphatic rings. The van der Waals surface area contributed by atoms with Gasteiger partial charge in [-0.25, -0.2) is 0 Å². The maximum atomic E-state index is 3.88. The van der Waals surface area contributed by atoms with Gasteiger partial charge < -0.3 is 0 Å². The van der Waals surface area contributed by atoms with Gasteiger partial charge in [-0.15, -0.1) is 0 Å². The molecule has 0 unspecified atom stereocenters. The summed E-state index contributed by atoms with van der Waals surface area (Å²) in [5, 5.41) is 0. The van der Waals surface area contributed by atoms with Gasteiger partial charge in [0.05, 0.1) is 0 Å². The van der Waals surface area contributed by atoms with Gasteiger partial charge in [-0.1, -0.05) is 124 Å². The summed E-state index contributed by atoms with van der Waals surface area (Å²) in [5.74, 6) is 0. The highest BCUT2D eigenvalue weighted by Crippen LogP contribution is 2.58. The molecule has 4 heteroatoms. The zero-order valence-electron chi connectivity index (χ0n) is 9.29. The maximum Gasteiger partial charge on any atom is 0.158 e. The van der Waals surface area contributed by atoms with Crippen LogP contribution in [0, 0.1) is 0 Å². The summed E-state index contributed by atoms with van der Waals surface area (Å²) in [6.07, 6.45) is 0. The maximum absolute atomic E-state index is 3.88. The first-order valence-electron chi connectivity index (χ1n) is 5.33. The fraction of sp³-hybridized carbons (Fsp3) is 0.143. The minimum atomic E-state index is -0.483. The van der Waals surface area contributed by atoms with E-state index in [1.165, 1.54) is 0 Å². The largest absolute Gasteiger partial charge is 0.158 e. The third kappa shape index (κ3) is 2.77. The predicted octanol–water partition coefficient (Wildman–Crippen LogP) is 6.16. The summed E-state index contributed by atoms with van der Waals surface area (Å²) in [7, 11) is 0. The van der Waals surface area contributed by atoms with Crippen LogP contribution in [0.3, 0.4) is 0 Å². The fourth-order valence-electron chi connectivity index (χ4n) is 1.83. The van der Waals surface area contributed by atoms with Crippen LogP contribution in [0.1, 0.15) is 11.1 Å². The van der Waals surface area contributed by atoms with E-state index in [0.29, 0.717) is 0 Å². The highest BCUT2D eigenvalue weighted by atomic mass is 80.0. The van der Waals surface area contributed by atoms with Crippen molar-refractivity contribution >= 4 is 63.7 Å². The SMILES string of the molecule is BrC(Br)(Br)C(Br)(c1ccccc1)c1ccccc1. The van der Waals surface area contributed by atoms with Gasteiger partial charge in [0, 0.05) is 0 Å². The monoisotopic (exact) mass is 494 g/mol. The molecule has 0 saturated heterocycles. The molecule has 0 atom stereocenters. The molecule has 0 bridgehead atoms. The van der Waals surface area contributed by atoms with Crippen molar-refractivity contribution in [3.8, 4) is 0 Å². The second-order valence-electron chi connectivity index (χ2n) is 3.89. The van der Waals surface area contributed by atoms with Crippen LogP contribution >= 0.6 is 63.7 Å². The average Bonchev–Trinajstić information content (AvgIpc) is 2.38. The Morgan fingerprint density at radius 1 is 0.556 bits per heavy atom. The van der Waals surface area contributed by atoms with Gasteiger partial charge in [0.25, 0.3) is 0 Å². The number of benzene rings is 2. The topological polar surface area (TPSA) is 0 Å². The molecule has 0 fully saturated rings. The van der Waals surface area contributed by atoms with Gasteiger partial charge in [-0.2, -0.15) is 0 Å². The number of rotatable bonds is 2. The lowest BCUT2D eigenvalue weighted by Crippen LogP contribution is -2.33. The third-order valence-electron chi connectivity index (χ3n) is 2.73. The van der Waals surface area contributed by atoms with Crippen LogP contribution in [-0.4, -0.2) is 2.14 Å². The molecule has 0 aromatic heterocycles. The van der Waals surface area contributed by atoms with E-state index in [1.54, 1.807) is 0 Å². The van der Waals surface area contributed by atoms with Crippen molar-refractivity contribution in [2.75, 3.05) is 0 Å². The van der Waals surface area contributed by atoms with E-state index in [4.69, 9.17) is 0 Å². The molecule has 2 rings (SSSR count). The third-order valence-corrected chi connectivity index (χ3v) is 7.62. The van der Waals surface area contributed by atoms with E-state index in [2.05, 4.69) is 88.0 Å². The lowest BCUT2D eigenvalue weighted by atomic mass is 9.93. The van der Waals surface area contributed by atoms with Gasteiger partial charge in [0.15, 0.2) is 2.14 Å². The molecule has 2 aromatic carbocycles. The van der Waals surface area contributed by atoms with Crippen molar-refractivity contribution < 1.29 is 0 Å². The molecule has 0 spiro atoms. The molecule has 0 radical (unpaired) electrons. The molecule has 0 aliphatic heterocycles. The van der Waals surface area contributed by atoms with Crippen LogP contribution < -0.4 is 0 Å². The average molecular weight is 498 g/mol. The van der Waals surface area contributed by atoms with Crippen molar-refractivity contribution in [2.24, 2.45) is 0 Å². The second kappa shape index (κ2) is 5.78. The van der Waals surface area contributed by atoms with Gasteiger partial charge in [-0.05, 0) is 11.1 Å². The summed E-state index contributed by atoms with van der Waals surface area (Å²) in [5.41, 5.74) is 2.31. The van der Waals surface area contributed by atoms with Crippen LogP contribution in [0.25, 0.3) is 0 Å². The summed E-state index contributed by atoms with van der Waals surface area (Å²) < 4.78 is -0.898. The van der Waals surface area contributed by atoms with Gasteiger partial charge in [0.1, 0.15) is 4.32 Å². The Hall–Kier alpha value is 0.360. The Morgan fingerprint density at radius 3 is 1.17 bits per heavy atom. The first-order valence-corrected chi connectivity index (χ1v) is 8.50. The Kier molecular flexibility index (Phi) is 4.74. The molecule has 18 heavy (non-hydrogen) atoms. The summed E-state index contributed by atoms with van der Waals surface area (Å²) in [6, 6.07) is 20.6. The fourth-order valence-corrected chi connectivity index (χ4v) is 3.73. The lowest BCUT2D eigenvalue weighted by molar-refractivity contribution is 0.832. The Morgan fingerprint density at radius 2 is 0.889 bits per heavy atom. The molecule has 0 aliphatic carbocycles. The number of hydrogen-bond acceptors (Lipinski definition) is 0. The minimum absolute atomic E-state index is 0.414. The van der Waals surface area contributed by atoms with E-state index in [1.807, 2.05) is 36.4 Å². The lowest BCUT2D eigenvalue weighted by Gasteiger charge is -2.36. The quantitative estimate of drug-likeness (QED) is 0.436. The summed E-state index contributed by atoms with van der Waals surface area (Å²) >= 11 is 14.9. The van der Waals surface area contributed by atoms with Gasteiger partial charge in [-0.3, -0.25) is 0 Å². The zero-order valence-corrected chi connectivity index (χ0v) is 15.6. The van der Waals surface area contributed by atoms with Crippen molar-refractivity contribution in [3.63, 3.8) is 0 Å². The molecule has 2 aromatic rings. The molecule has 94 valence electrons. The van der Waals surface area contributed by atoms with Crippen molar-refractivity contribution in [1.82, 2.24) is 0 Å². The summed E-state index contributed by atoms with van der Waals surface area (Å²) in [6.45, 7) is 0. The normalized spacial score (nSPS) is 12.4. The predicted molar refractivity (Wildman–Crippen MR) is 92.1 cm³/mol. The zero-order chi connectivity index (χ0) is 13.2. The standard InChI is InChI=1S/C14H10Br4/c15-13(14(16,17)18,11-7-3-1-4-8-11)12-9-5-2-6-10-12/h1-10H. The Balaban J connectivity index is 2.63.